The summed E-state index contributed by atoms with van der Waals surface area (Å²) in [5.74, 6) is -1.50. The van der Waals surface area contributed by atoms with Crippen LogP contribution in [0, 0.1) is 0 Å². The number of carboxylic acids is 1. The molecule has 0 saturated carbocycles. The molecule has 0 unspecified atom stereocenters. The zero-order chi connectivity index (χ0) is 18.0. The summed E-state index contributed by atoms with van der Waals surface area (Å²) in [5.41, 5.74) is 0.870. The molecule has 0 atom stereocenters. The van der Waals surface area contributed by atoms with E-state index in [4.69, 9.17) is 0 Å². The minimum absolute atomic E-state index is 0.414. The number of carbonyl (C=O) groups is 2. The molecular formula is C19H19N3O3. The normalized spacial score (nSPS) is 11.4. The quantitative estimate of drug-likeness (QED) is 0.750. The van der Waals surface area contributed by atoms with Crippen molar-refractivity contribution in [3.8, 4) is 0 Å². The van der Waals surface area contributed by atoms with Crippen LogP contribution in [0.1, 0.15) is 29.9 Å². The molecule has 0 aliphatic carbocycles. The van der Waals surface area contributed by atoms with Gasteiger partial charge in [0.1, 0.15) is 5.54 Å². The molecule has 0 aliphatic rings. The van der Waals surface area contributed by atoms with Gasteiger partial charge >= 0.3 is 5.97 Å². The highest BCUT2D eigenvalue weighted by atomic mass is 16.4. The number of nitrogens with zero attached hydrogens (tertiary/aromatic N) is 2. The second-order valence-electron chi connectivity index (χ2n) is 6.39. The number of carboxylic acid groups (broad SMARTS) is 1. The summed E-state index contributed by atoms with van der Waals surface area (Å²) in [7, 11) is 0. The molecule has 1 amide bonds. The van der Waals surface area contributed by atoms with Gasteiger partial charge in [0.25, 0.3) is 5.91 Å². The highest BCUT2D eigenvalue weighted by Gasteiger charge is 2.30. The molecule has 0 aliphatic heterocycles. The van der Waals surface area contributed by atoms with Crippen LogP contribution in [0.2, 0.25) is 0 Å². The smallest absolute Gasteiger partial charge is 0.328 e. The topological polar surface area (TPSA) is 84.2 Å². The molecule has 0 radical (unpaired) electrons. The molecule has 0 spiro atoms. The van der Waals surface area contributed by atoms with E-state index in [9.17, 15) is 14.7 Å². The minimum Gasteiger partial charge on any atom is -0.480 e. The number of para-hydroxylation sites is 1. The highest BCUT2D eigenvalue weighted by molar-refractivity contribution is 6.08. The van der Waals surface area contributed by atoms with E-state index >= 15 is 0 Å². The van der Waals surface area contributed by atoms with Crippen molar-refractivity contribution in [3.05, 3.63) is 66.1 Å². The number of aromatic nitrogens is 2. The van der Waals surface area contributed by atoms with Gasteiger partial charge in [-0.25, -0.2) is 4.79 Å². The van der Waals surface area contributed by atoms with Gasteiger partial charge in [0.05, 0.1) is 17.8 Å². The second kappa shape index (κ2) is 6.39. The van der Waals surface area contributed by atoms with Gasteiger partial charge in [0, 0.05) is 23.3 Å². The Morgan fingerprint density at radius 2 is 1.88 bits per heavy atom. The first kappa shape index (κ1) is 16.7. The summed E-state index contributed by atoms with van der Waals surface area (Å²) < 4.78 is 1.94. The molecule has 6 heteroatoms. The third-order valence-electron chi connectivity index (χ3n) is 4.05. The standard InChI is InChI=1S/C19H19N3O3/c1-19(2,18(24)25)21-17(23)15-12-22(11-13-7-5-6-10-20-13)16-9-4-3-8-14(15)16/h3-10,12H,11H2,1-2H3,(H,21,23)(H,24,25). The van der Waals surface area contributed by atoms with Gasteiger partial charge in [-0.1, -0.05) is 24.3 Å². The van der Waals surface area contributed by atoms with E-state index in [1.54, 1.807) is 12.4 Å². The fraction of sp³-hybridized carbons (Fsp3) is 0.211. The van der Waals surface area contributed by atoms with Crippen LogP contribution in [-0.4, -0.2) is 32.1 Å². The number of amides is 1. The van der Waals surface area contributed by atoms with E-state index in [1.807, 2.05) is 47.0 Å². The van der Waals surface area contributed by atoms with E-state index in [0.29, 0.717) is 12.1 Å². The third-order valence-corrected chi connectivity index (χ3v) is 4.05. The fourth-order valence-corrected chi connectivity index (χ4v) is 2.63. The molecule has 2 aromatic heterocycles. The summed E-state index contributed by atoms with van der Waals surface area (Å²) in [6.45, 7) is 3.44. The zero-order valence-corrected chi connectivity index (χ0v) is 14.1. The lowest BCUT2D eigenvalue weighted by atomic mass is 10.1. The lowest BCUT2D eigenvalue weighted by Gasteiger charge is -2.20. The Morgan fingerprint density at radius 3 is 2.56 bits per heavy atom. The van der Waals surface area contributed by atoms with Crippen LogP contribution in [0.15, 0.2) is 54.9 Å². The molecule has 0 bridgehead atoms. The molecule has 2 heterocycles. The maximum absolute atomic E-state index is 12.6. The van der Waals surface area contributed by atoms with Gasteiger partial charge in [-0.3, -0.25) is 9.78 Å². The molecule has 1 aromatic carbocycles. The number of carbonyl (C=O) groups excluding carboxylic acids is 1. The average molecular weight is 337 g/mol. The number of fused-ring (bicyclic) bond motifs is 1. The Bertz CT molecular complexity index is 929. The first-order chi connectivity index (χ1) is 11.9. The largest absolute Gasteiger partial charge is 0.480 e. The molecular weight excluding hydrogens is 318 g/mol. The van der Waals surface area contributed by atoms with Crippen LogP contribution in [0.25, 0.3) is 10.9 Å². The van der Waals surface area contributed by atoms with Crippen LogP contribution in [0.4, 0.5) is 0 Å². The highest BCUT2D eigenvalue weighted by Crippen LogP contribution is 2.23. The average Bonchev–Trinajstić information content (AvgIpc) is 2.94. The van der Waals surface area contributed by atoms with Gasteiger partial charge < -0.3 is 15.0 Å². The van der Waals surface area contributed by atoms with Crippen molar-refractivity contribution >= 4 is 22.8 Å². The number of hydrogen-bond donors (Lipinski definition) is 2. The molecule has 3 rings (SSSR count). The maximum Gasteiger partial charge on any atom is 0.328 e. The Labute approximate surface area is 145 Å². The van der Waals surface area contributed by atoms with E-state index < -0.39 is 17.4 Å². The van der Waals surface area contributed by atoms with Crippen molar-refractivity contribution in [3.63, 3.8) is 0 Å². The van der Waals surface area contributed by atoms with E-state index in [-0.39, 0.29) is 0 Å². The first-order valence-electron chi connectivity index (χ1n) is 7.92. The van der Waals surface area contributed by atoms with Crippen molar-refractivity contribution in [1.82, 2.24) is 14.9 Å². The third kappa shape index (κ3) is 3.38. The van der Waals surface area contributed by atoms with Gasteiger partial charge in [-0.15, -0.1) is 0 Å². The lowest BCUT2D eigenvalue weighted by Crippen LogP contribution is -2.49. The van der Waals surface area contributed by atoms with Crippen LogP contribution in [-0.2, 0) is 11.3 Å². The molecule has 25 heavy (non-hydrogen) atoms. The SMILES string of the molecule is CC(C)(NC(=O)c1cn(Cc2ccccn2)c2ccccc12)C(=O)O. The molecule has 6 nitrogen and oxygen atoms in total. The number of hydrogen-bond acceptors (Lipinski definition) is 3. The number of pyridine rings is 1. The molecule has 3 aromatic rings. The lowest BCUT2D eigenvalue weighted by molar-refractivity contribution is -0.143. The Balaban J connectivity index is 1.99. The van der Waals surface area contributed by atoms with E-state index in [2.05, 4.69) is 10.3 Å². The summed E-state index contributed by atoms with van der Waals surface area (Å²) in [6, 6.07) is 13.2. The molecule has 0 fully saturated rings. The number of nitrogens with one attached hydrogen (secondary N) is 1. The van der Waals surface area contributed by atoms with Crippen LogP contribution in [0.3, 0.4) is 0 Å². The van der Waals surface area contributed by atoms with Crippen molar-refractivity contribution < 1.29 is 14.7 Å². The summed E-state index contributed by atoms with van der Waals surface area (Å²) in [4.78, 5) is 28.2. The molecule has 128 valence electrons. The summed E-state index contributed by atoms with van der Waals surface area (Å²) in [5, 5.41) is 12.6. The molecule has 0 saturated heterocycles. The van der Waals surface area contributed by atoms with Crippen molar-refractivity contribution in [2.75, 3.05) is 0 Å². The van der Waals surface area contributed by atoms with Crippen molar-refractivity contribution in [2.45, 2.75) is 25.9 Å². The second-order valence-corrected chi connectivity index (χ2v) is 6.39. The van der Waals surface area contributed by atoms with Gasteiger partial charge in [-0.05, 0) is 32.0 Å². The van der Waals surface area contributed by atoms with Crippen LogP contribution < -0.4 is 5.32 Å². The van der Waals surface area contributed by atoms with Crippen LogP contribution >= 0.6 is 0 Å². The van der Waals surface area contributed by atoms with Crippen LogP contribution in [0.5, 0.6) is 0 Å². The zero-order valence-electron chi connectivity index (χ0n) is 14.1. The van der Waals surface area contributed by atoms with E-state index in [0.717, 1.165) is 16.6 Å². The number of aliphatic carboxylic acids is 1. The molecule has 2 N–H and O–H groups in total. The Hall–Kier alpha value is -3.15. The number of benzene rings is 1. The van der Waals surface area contributed by atoms with Gasteiger partial charge in [0.2, 0.25) is 0 Å². The predicted molar refractivity (Wildman–Crippen MR) is 94.5 cm³/mol. The van der Waals surface area contributed by atoms with Crippen molar-refractivity contribution in [1.29, 1.82) is 0 Å². The van der Waals surface area contributed by atoms with Gasteiger partial charge in [-0.2, -0.15) is 0 Å². The minimum atomic E-state index is -1.35. The maximum atomic E-state index is 12.6. The Morgan fingerprint density at radius 1 is 1.16 bits per heavy atom. The summed E-state index contributed by atoms with van der Waals surface area (Å²) >= 11 is 0. The summed E-state index contributed by atoms with van der Waals surface area (Å²) in [6.07, 6.45) is 3.47. The van der Waals surface area contributed by atoms with Gasteiger partial charge in [0.15, 0.2) is 0 Å². The first-order valence-corrected chi connectivity index (χ1v) is 7.92. The van der Waals surface area contributed by atoms with E-state index in [1.165, 1.54) is 13.8 Å². The number of rotatable bonds is 5. The van der Waals surface area contributed by atoms with Crippen molar-refractivity contribution in [2.24, 2.45) is 0 Å². The fourth-order valence-electron chi connectivity index (χ4n) is 2.63. The Kier molecular flexibility index (Phi) is 4.27. The monoisotopic (exact) mass is 337 g/mol. The predicted octanol–water partition coefficient (Wildman–Crippen LogP) is 2.68.